The van der Waals surface area contributed by atoms with Crippen molar-refractivity contribution in [2.24, 2.45) is 11.3 Å². The first kappa shape index (κ1) is 28.5. The Balaban J connectivity index is 3.45. The van der Waals surface area contributed by atoms with Crippen LogP contribution in [0.25, 0.3) is 0 Å². The lowest BCUT2D eigenvalue weighted by molar-refractivity contribution is -0.176. The molecule has 0 bridgehead atoms. The second-order valence-electron chi connectivity index (χ2n) is 11.0. The molecule has 0 heterocycles. The van der Waals surface area contributed by atoms with Crippen LogP contribution in [0.2, 0.25) is 18.1 Å². The van der Waals surface area contributed by atoms with E-state index in [0.717, 1.165) is 12.8 Å². The number of ketones is 1. The number of carbonyl (C=O) groups excluding carboxylic acids is 2. The van der Waals surface area contributed by atoms with E-state index in [-0.39, 0.29) is 28.8 Å². The summed E-state index contributed by atoms with van der Waals surface area (Å²) in [4.78, 5) is 31.2. The highest BCUT2D eigenvalue weighted by Crippen LogP contribution is 2.39. The predicted molar refractivity (Wildman–Crippen MR) is 135 cm³/mol. The van der Waals surface area contributed by atoms with Crippen LogP contribution < -0.4 is 0 Å². The van der Waals surface area contributed by atoms with Gasteiger partial charge in [0.15, 0.2) is 8.32 Å². The average Bonchev–Trinajstić information content (AvgIpc) is 2.69. The molecule has 2 atom stereocenters. The monoisotopic (exact) mass is 463 g/mol. The molecule has 0 N–H and O–H groups in total. The van der Waals surface area contributed by atoms with Crippen LogP contribution in [0, 0.1) is 11.3 Å². The van der Waals surface area contributed by atoms with Crippen LogP contribution in [0.5, 0.6) is 0 Å². The van der Waals surface area contributed by atoms with Gasteiger partial charge in [0.1, 0.15) is 5.78 Å². The van der Waals surface area contributed by atoms with Gasteiger partial charge in [-0.2, -0.15) is 0 Å². The van der Waals surface area contributed by atoms with Crippen LogP contribution in [0.3, 0.4) is 0 Å². The summed E-state index contributed by atoms with van der Waals surface area (Å²) in [6.45, 7) is 17.0. The summed E-state index contributed by atoms with van der Waals surface area (Å²) < 4.78 is 6.76. The molecule has 182 valence electrons. The number of carbonyl (C=O) groups is 2. The molecule has 0 fully saturated rings. The Labute approximate surface area is 197 Å². The van der Waals surface area contributed by atoms with Crippen molar-refractivity contribution in [3.05, 3.63) is 36.0 Å². The molecule has 1 amide bonds. The lowest BCUT2D eigenvalue weighted by Gasteiger charge is -2.40. The molecular weight excluding hydrogens is 418 g/mol. The van der Waals surface area contributed by atoms with Crippen molar-refractivity contribution in [2.45, 2.75) is 91.5 Å². The largest absolute Gasteiger partial charge is 0.410 e. The van der Waals surface area contributed by atoms with E-state index < -0.39 is 13.7 Å². The van der Waals surface area contributed by atoms with E-state index in [4.69, 9.17) is 9.26 Å². The van der Waals surface area contributed by atoms with Crippen molar-refractivity contribution in [2.75, 3.05) is 14.2 Å². The number of allylic oxidation sites excluding steroid dienone is 5. The summed E-state index contributed by atoms with van der Waals surface area (Å²) in [6, 6.07) is 0. The van der Waals surface area contributed by atoms with Crippen molar-refractivity contribution < 1.29 is 18.9 Å². The summed E-state index contributed by atoms with van der Waals surface area (Å²) in [6.07, 6.45) is 12.2. The van der Waals surface area contributed by atoms with Crippen LogP contribution in [0.4, 0.5) is 0 Å². The van der Waals surface area contributed by atoms with Gasteiger partial charge >= 0.3 is 0 Å². The molecule has 1 aliphatic carbocycles. The summed E-state index contributed by atoms with van der Waals surface area (Å²) in [5.41, 5.74) is 0.648. The highest BCUT2D eigenvalue weighted by molar-refractivity contribution is 6.74. The second-order valence-corrected chi connectivity index (χ2v) is 15.7. The Kier molecular flexibility index (Phi) is 10.3. The second kappa shape index (κ2) is 11.6. The van der Waals surface area contributed by atoms with E-state index in [1.165, 1.54) is 17.7 Å². The fourth-order valence-electron chi connectivity index (χ4n) is 3.33. The number of hydrogen-bond acceptors (Lipinski definition) is 4. The van der Waals surface area contributed by atoms with Crippen molar-refractivity contribution in [3.63, 3.8) is 0 Å². The molecule has 0 saturated carbocycles. The minimum Gasteiger partial charge on any atom is -0.410 e. The molecule has 32 heavy (non-hydrogen) atoms. The molecule has 0 radical (unpaired) electrons. The summed E-state index contributed by atoms with van der Waals surface area (Å²) in [5.74, 6) is -0.213. The maximum atomic E-state index is 13.3. The zero-order valence-corrected chi connectivity index (χ0v) is 23.0. The highest BCUT2D eigenvalue weighted by Gasteiger charge is 2.41. The van der Waals surface area contributed by atoms with E-state index in [2.05, 4.69) is 46.9 Å². The van der Waals surface area contributed by atoms with Crippen LogP contribution in [-0.4, -0.2) is 45.3 Å². The van der Waals surface area contributed by atoms with E-state index >= 15 is 0 Å². The van der Waals surface area contributed by atoms with Gasteiger partial charge < -0.3 is 4.43 Å². The highest BCUT2D eigenvalue weighted by atomic mass is 28.4. The Morgan fingerprint density at radius 2 is 1.81 bits per heavy atom. The fraction of sp³-hybridized carbons (Fsp3) is 0.692. The Hall–Kier alpha value is -1.50. The lowest BCUT2D eigenvalue weighted by Crippen LogP contribution is -2.48. The number of amides is 1. The summed E-state index contributed by atoms with van der Waals surface area (Å²) in [7, 11) is 1.01. The molecule has 0 aromatic heterocycles. The lowest BCUT2D eigenvalue weighted by atomic mass is 9.84. The molecule has 0 spiro atoms. The number of rotatable bonds is 4. The SMILES string of the molecule is CON(C)C(=O)C1CC/C=C(\C)CCC(=O)C(C)(C)/C=C\C=C\[C@H]1O[Si](C)(C)C(C)(C)C. The van der Waals surface area contributed by atoms with Gasteiger partial charge in [0.2, 0.25) is 0 Å². The van der Waals surface area contributed by atoms with E-state index in [1.807, 2.05) is 38.2 Å². The van der Waals surface area contributed by atoms with E-state index in [0.29, 0.717) is 12.8 Å². The Morgan fingerprint density at radius 3 is 2.38 bits per heavy atom. The van der Waals surface area contributed by atoms with Crippen molar-refractivity contribution in [1.29, 1.82) is 0 Å². The van der Waals surface area contributed by atoms with Crippen LogP contribution in [0.15, 0.2) is 36.0 Å². The summed E-state index contributed by atoms with van der Waals surface area (Å²) >= 11 is 0. The smallest absolute Gasteiger partial charge is 0.251 e. The van der Waals surface area contributed by atoms with Crippen LogP contribution >= 0.6 is 0 Å². The maximum absolute atomic E-state index is 13.3. The van der Waals surface area contributed by atoms with Gasteiger partial charge in [-0.05, 0) is 58.2 Å². The molecule has 5 nitrogen and oxygen atoms in total. The molecule has 0 aromatic carbocycles. The third-order valence-electron chi connectivity index (χ3n) is 6.90. The molecule has 1 rings (SSSR count). The van der Waals surface area contributed by atoms with E-state index in [9.17, 15) is 9.59 Å². The van der Waals surface area contributed by atoms with Gasteiger partial charge in [0.05, 0.1) is 19.1 Å². The predicted octanol–water partition coefficient (Wildman–Crippen LogP) is 6.24. The molecule has 1 aliphatic rings. The van der Waals surface area contributed by atoms with Crippen molar-refractivity contribution in [3.8, 4) is 0 Å². The molecule has 6 heteroatoms. The molecular formula is C26H45NO4Si. The third-order valence-corrected chi connectivity index (χ3v) is 11.4. The van der Waals surface area contributed by atoms with Crippen LogP contribution in [0.1, 0.15) is 67.2 Å². The minimum atomic E-state index is -2.14. The van der Waals surface area contributed by atoms with Gasteiger partial charge in [-0.25, -0.2) is 5.06 Å². The topological polar surface area (TPSA) is 55.8 Å². The number of hydrogen-bond donors (Lipinski definition) is 0. The average molecular weight is 464 g/mol. The first-order chi connectivity index (χ1) is 14.6. The first-order valence-corrected chi connectivity index (χ1v) is 14.6. The Morgan fingerprint density at radius 1 is 1.19 bits per heavy atom. The van der Waals surface area contributed by atoms with Crippen molar-refractivity contribution in [1.82, 2.24) is 5.06 Å². The van der Waals surface area contributed by atoms with Crippen LogP contribution in [-0.2, 0) is 18.9 Å². The van der Waals surface area contributed by atoms with Gasteiger partial charge in [-0.3, -0.25) is 14.4 Å². The number of nitrogens with zero attached hydrogens (tertiary/aromatic N) is 1. The zero-order valence-electron chi connectivity index (χ0n) is 22.0. The quantitative estimate of drug-likeness (QED) is 0.281. The summed E-state index contributed by atoms with van der Waals surface area (Å²) in [5, 5.41) is 1.32. The minimum absolute atomic E-state index is 0.0153. The molecule has 1 unspecified atom stereocenters. The third kappa shape index (κ3) is 8.12. The Bertz CT molecular complexity index is 743. The first-order valence-electron chi connectivity index (χ1n) is 11.7. The van der Waals surface area contributed by atoms with Gasteiger partial charge in [0.25, 0.3) is 5.91 Å². The molecule has 0 aromatic rings. The van der Waals surface area contributed by atoms with Gasteiger partial charge in [0, 0.05) is 18.9 Å². The number of hydroxylamine groups is 2. The van der Waals surface area contributed by atoms with E-state index in [1.54, 1.807) is 7.05 Å². The van der Waals surface area contributed by atoms with Gasteiger partial charge in [-0.1, -0.05) is 56.7 Å². The normalized spacial score (nSPS) is 27.1. The van der Waals surface area contributed by atoms with Crippen molar-refractivity contribution >= 4 is 20.0 Å². The maximum Gasteiger partial charge on any atom is 0.251 e. The zero-order chi connectivity index (χ0) is 24.7. The standard InChI is InChI=1S/C26H45NO4Si/c1-20-14-13-15-21(24(29)27(7)30-8)22(31-32(9,10)25(2,3)4)16-11-12-19-26(5,6)23(28)18-17-20/h11-12,14,16,19,21-22H,13,15,17-18H2,1-10H3/b16-11+,19-12-,20-14+/t21?,22-/m1/s1. The number of Topliss-reactive ketones (excluding diaryl/α,β-unsaturated/α-hetero) is 1. The molecule has 0 saturated heterocycles. The van der Waals surface area contributed by atoms with Gasteiger partial charge in [-0.15, -0.1) is 0 Å². The molecule has 0 aliphatic heterocycles. The fourth-order valence-corrected chi connectivity index (χ4v) is 4.61.